The zero-order valence-electron chi connectivity index (χ0n) is 81.8. The van der Waals surface area contributed by atoms with Gasteiger partial charge in [-0.05, 0) is 0 Å². The fourth-order valence-corrected chi connectivity index (χ4v) is 16.6. The van der Waals surface area contributed by atoms with Crippen molar-refractivity contribution in [1.29, 1.82) is 0 Å². The molecule has 7 heterocycles. The van der Waals surface area contributed by atoms with Crippen LogP contribution in [0, 0.1) is 0 Å². The molecular weight excluding hydrogens is 2020 g/mol. The maximum Gasteiger partial charge on any atom is 0.303 e. The highest BCUT2D eigenvalue weighted by atomic mass is 79.9. The lowest BCUT2D eigenvalue weighted by Gasteiger charge is -2.52. The summed E-state index contributed by atoms with van der Waals surface area (Å²) in [6.45, 7) is 12.2. The Morgan fingerprint density at radius 2 is 0.257 bits per heavy atom. The summed E-state index contributed by atoms with van der Waals surface area (Å²) in [6.07, 6.45) is -73.4. The smallest absolute Gasteiger partial charge is 0.303 e. The van der Waals surface area contributed by atoms with Gasteiger partial charge in [0.05, 0.1) is 0 Å². The van der Waals surface area contributed by atoms with Gasteiger partial charge in [-0.3, -0.25) is 105 Å². The van der Waals surface area contributed by atoms with Gasteiger partial charge < -0.3 is 166 Å². The van der Waals surface area contributed by atoms with Gasteiger partial charge in [0, 0.05) is 152 Å². The van der Waals surface area contributed by atoms with Crippen molar-refractivity contribution in [3.8, 4) is 0 Å². The molecule has 808 valence electrons. The van der Waals surface area contributed by atoms with Crippen LogP contribution in [0.25, 0.3) is 0 Å². The molecule has 0 spiro atoms. The van der Waals surface area contributed by atoms with Crippen LogP contribution in [0.1, 0.15) is 152 Å². The van der Waals surface area contributed by atoms with Crippen molar-refractivity contribution in [2.75, 3.05) is 46.2 Å². The molecule has 0 saturated carbocycles. The average molecular weight is 2140 g/mol. The van der Waals surface area contributed by atoms with Crippen LogP contribution < -0.4 is 0 Å². The van der Waals surface area contributed by atoms with E-state index in [0.29, 0.717) is 0 Å². The molecule has 0 aromatic rings. The number of ether oxygens (including phenoxy) is 35. The molecule has 7 aliphatic heterocycles. The Balaban J connectivity index is 1.39. The summed E-state index contributed by atoms with van der Waals surface area (Å²) in [5.74, 6) is -25.5. The van der Waals surface area contributed by atoms with Crippen molar-refractivity contribution in [2.24, 2.45) is 0 Å². The van der Waals surface area contributed by atoms with E-state index in [-0.39, 0.29) is 0 Å². The van der Waals surface area contributed by atoms with Crippen molar-refractivity contribution in [3.05, 3.63) is 0 Å². The van der Waals surface area contributed by atoms with Crippen molar-refractivity contribution in [3.63, 3.8) is 0 Å². The first-order valence-corrected chi connectivity index (χ1v) is 45.0. The predicted octanol–water partition coefficient (Wildman–Crippen LogP) is -2.32. The predicted molar refractivity (Wildman–Crippen MR) is 449 cm³/mol. The first-order chi connectivity index (χ1) is 67.4. The molecule has 0 radical (unpaired) electrons. The minimum atomic E-state index is -2.48. The van der Waals surface area contributed by atoms with Crippen molar-refractivity contribution >= 4 is 147 Å². The molecule has 35 atom stereocenters. The Labute approximate surface area is 827 Å². The number of halogens is 1. The first-order valence-electron chi connectivity index (χ1n) is 44.1. The molecule has 58 heteroatoms. The van der Waals surface area contributed by atoms with Gasteiger partial charge in [0.25, 0.3) is 0 Å². The summed E-state index contributed by atoms with van der Waals surface area (Å²) < 4.78 is 209. The van der Waals surface area contributed by atoms with E-state index in [2.05, 4.69) is 15.9 Å². The van der Waals surface area contributed by atoms with Gasteiger partial charge in [-0.2, -0.15) is 0 Å². The van der Waals surface area contributed by atoms with Crippen LogP contribution in [-0.4, -0.2) is 391 Å². The van der Waals surface area contributed by atoms with Gasteiger partial charge in [-0.25, -0.2) is 0 Å². The molecule has 0 aliphatic carbocycles. The van der Waals surface area contributed by atoms with Crippen LogP contribution in [0.3, 0.4) is 0 Å². The Morgan fingerprint density at radius 3 is 0.403 bits per heavy atom. The van der Waals surface area contributed by atoms with Crippen molar-refractivity contribution in [2.45, 2.75) is 366 Å². The molecule has 0 bridgehead atoms. The molecule has 7 fully saturated rings. The molecule has 0 unspecified atom stereocenters. The number of esters is 22. The normalized spacial score (nSPS) is 33.3. The van der Waals surface area contributed by atoms with Crippen LogP contribution >= 0.6 is 15.9 Å². The molecule has 144 heavy (non-hydrogen) atoms. The summed E-state index contributed by atoms with van der Waals surface area (Å²) in [5.41, 5.74) is 0. The minimum Gasteiger partial charge on any atom is -0.463 e. The third-order valence-corrected chi connectivity index (χ3v) is 21.3. The van der Waals surface area contributed by atoms with Gasteiger partial charge >= 0.3 is 131 Å². The van der Waals surface area contributed by atoms with Crippen LogP contribution in [-0.2, 0) is 271 Å². The monoisotopic (exact) mass is 2140 g/mol. The van der Waals surface area contributed by atoms with Gasteiger partial charge in [0.1, 0.15) is 126 Å². The van der Waals surface area contributed by atoms with E-state index in [0.717, 1.165) is 152 Å². The maximum atomic E-state index is 14.0. The van der Waals surface area contributed by atoms with E-state index in [1.807, 2.05) is 0 Å². The van der Waals surface area contributed by atoms with E-state index < -0.39 is 391 Å². The van der Waals surface area contributed by atoms with E-state index in [9.17, 15) is 105 Å². The SMILES string of the molecule is CC(=O)OC[C@H]1O[C@H](Br)[C@H](OC(C)=O)[C@@H](OC(C)=O)[C@@H]1O[C@@H]1O[C@H](COC(C)=O)[C@@H](O[C@@H]2O[C@H](COC(C)=O)[C@@H](O[C@@H]3O[C@H](COC(C)=O)[C@@H](O[C@@H]4O[C@H](COC(C)=O)[C@@H](O[C@@H]5O[C@H](COC(C)=O)[C@@H](O[C@@H]6O[C@H](COC(C)=O)[C@@H](OC(C)=O)[C@H](OC(C)=O)[C@H]6OC(C)=O)[C@H](OC(C)=O)[C@H]5OC(C)=O)[C@H](OC(C)=O)[C@H]4OC(C)=O)[C@H](OC(C)=O)[C@H]3OC(C)=O)[C@H](OC(C)=O)[C@H]2OC(C)=O)[C@H](OC(C)=O)[C@H]1OC(C)=O. The molecule has 57 nitrogen and oxygen atoms in total. The van der Waals surface area contributed by atoms with E-state index in [4.69, 9.17) is 166 Å². The fourth-order valence-electron chi connectivity index (χ4n) is 15.9. The Hall–Kier alpha value is -11.7. The van der Waals surface area contributed by atoms with E-state index in [1.165, 1.54) is 0 Å². The van der Waals surface area contributed by atoms with Gasteiger partial charge in [-0.15, -0.1) is 0 Å². The molecule has 0 N–H and O–H groups in total. The van der Waals surface area contributed by atoms with E-state index >= 15 is 0 Å². The number of carbonyl (C=O) groups excluding carboxylic acids is 22. The molecule has 7 aliphatic rings. The third kappa shape index (κ3) is 35.6. The maximum absolute atomic E-state index is 14.0. The van der Waals surface area contributed by atoms with Crippen LogP contribution in [0.4, 0.5) is 0 Å². The number of hydrogen-bond donors (Lipinski definition) is 0. The lowest BCUT2D eigenvalue weighted by molar-refractivity contribution is -0.397. The lowest BCUT2D eigenvalue weighted by atomic mass is 9.94. The number of carbonyl (C=O) groups is 22. The second kappa shape index (κ2) is 55.0. The summed E-state index contributed by atoms with van der Waals surface area (Å²) in [6, 6.07) is 0. The van der Waals surface area contributed by atoms with Gasteiger partial charge in [0.2, 0.25) is 0 Å². The molecule has 0 aromatic carbocycles. The number of hydrogen-bond acceptors (Lipinski definition) is 57. The highest BCUT2D eigenvalue weighted by molar-refractivity contribution is 9.09. The Bertz CT molecular complexity index is 4530. The first kappa shape index (κ1) is 119. The highest BCUT2D eigenvalue weighted by Crippen LogP contribution is 2.45. The fraction of sp³-hybridized carbons (Fsp3) is 0.744. The molecule has 7 saturated heterocycles. The second-order valence-electron chi connectivity index (χ2n) is 32.6. The van der Waals surface area contributed by atoms with Gasteiger partial charge in [0.15, 0.2) is 134 Å². The largest absolute Gasteiger partial charge is 0.463 e. The number of rotatable bonds is 41. The highest BCUT2D eigenvalue weighted by Gasteiger charge is 2.66. The standard InChI is InChI=1S/C86H115BrO57/c1-30(88)110-23-52-60(66(118-38(9)96)73(80(87)132-52)125-45(16)103)139-82-75(127-47(18)105)68(120-40(11)98)62(54(134-82)25-112-32(3)90)141-84-77(129-49(20)107)70(122-42(13)100)64(56(136-84)27-114-34(5)92)143-86-79(131-51(22)109)72(124-44(15)102)65(58(138-86)29-116-36(7)94)144-85-78(130-50(21)108)71(123-43(14)101)63(57(137-85)28-115-35(6)93)142-83-76(128-48(19)106)69(121-41(12)99)61(55(135-83)26-113-33(4)91)140-81-74(126-46(17)104)67(119-39(10)97)59(117-37(8)95)53(133-81)24-111-31(2)89/h52-86H,23-29H2,1-22H3/t52-,53-,54-,55-,56-,57-,58-,59-,60-,61-,62-,63-,64-,65-,66+,67+,68+,69+,70+,71+,72+,73-,74-,75-,76-,77-,78-,79-,80+,81+,82+,83+,84+,85+,86+/m1/s1. The summed E-state index contributed by atoms with van der Waals surface area (Å²) in [4.78, 5) is 293. The van der Waals surface area contributed by atoms with Crippen LogP contribution in [0.2, 0.25) is 0 Å². The van der Waals surface area contributed by atoms with Crippen molar-refractivity contribution in [1.82, 2.24) is 0 Å². The zero-order chi connectivity index (χ0) is 108. The second-order valence-corrected chi connectivity index (χ2v) is 33.5. The zero-order valence-corrected chi connectivity index (χ0v) is 83.4. The van der Waals surface area contributed by atoms with Crippen LogP contribution in [0.5, 0.6) is 0 Å². The summed E-state index contributed by atoms with van der Waals surface area (Å²) in [7, 11) is 0. The summed E-state index contributed by atoms with van der Waals surface area (Å²) in [5, 5.41) is -1.37. The Kier molecular flexibility index (Phi) is 45.6. The molecule has 7 rings (SSSR count). The molecule has 0 aromatic heterocycles. The number of alkyl halides is 1. The lowest BCUT2D eigenvalue weighted by Crippen LogP contribution is -2.70. The third-order valence-electron chi connectivity index (χ3n) is 20.6. The molecular formula is C86H115BrO57. The average Bonchev–Trinajstić information content (AvgIpc) is 0.753. The topological polar surface area (TPSA) is 699 Å². The van der Waals surface area contributed by atoms with E-state index in [1.54, 1.807) is 0 Å². The minimum absolute atomic E-state index is 0.733. The van der Waals surface area contributed by atoms with Gasteiger partial charge in [-0.1, -0.05) is 15.9 Å². The Morgan fingerprint density at radius 1 is 0.146 bits per heavy atom. The summed E-state index contributed by atoms with van der Waals surface area (Å²) >= 11 is 3.24. The van der Waals surface area contributed by atoms with Crippen LogP contribution in [0.15, 0.2) is 0 Å². The quantitative estimate of drug-likeness (QED) is 0.0352. The van der Waals surface area contributed by atoms with Crippen molar-refractivity contribution < 1.29 is 271 Å². The molecule has 0 amide bonds.